The Labute approximate surface area is 94.0 Å². The van der Waals surface area contributed by atoms with Gasteiger partial charge in [0.05, 0.1) is 4.92 Å². The molecular weight excluding hydrogens is 204 g/mol. The van der Waals surface area contributed by atoms with E-state index in [2.05, 4.69) is 11.8 Å². The van der Waals surface area contributed by atoms with Crippen molar-refractivity contribution in [2.75, 3.05) is 18.0 Å². The molecule has 1 heterocycles. The summed E-state index contributed by atoms with van der Waals surface area (Å²) in [4.78, 5) is 12.5. The number of hydrogen-bond acceptors (Lipinski definition) is 3. The molecule has 2 aliphatic rings. The van der Waals surface area contributed by atoms with Crippen LogP contribution >= 0.6 is 0 Å². The summed E-state index contributed by atoms with van der Waals surface area (Å²) >= 11 is 0. The van der Waals surface area contributed by atoms with Crippen LogP contribution < -0.4 is 4.90 Å². The minimum absolute atomic E-state index is 0.168. The van der Waals surface area contributed by atoms with Crippen LogP contribution in [0, 0.1) is 27.9 Å². The Morgan fingerprint density at radius 1 is 1.25 bits per heavy atom. The Hall–Kier alpha value is -1.58. The second-order valence-corrected chi connectivity index (χ2v) is 4.87. The van der Waals surface area contributed by atoms with Crippen LogP contribution in [-0.2, 0) is 0 Å². The monoisotopic (exact) mass is 218 g/mol. The van der Waals surface area contributed by atoms with Crippen LogP contribution in [0.3, 0.4) is 0 Å². The Morgan fingerprint density at radius 3 is 2.31 bits per heavy atom. The zero-order valence-corrected chi connectivity index (χ0v) is 9.17. The number of piperidine rings is 1. The molecule has 1 aromatic rings. The highest BCUT2D eigenvalue weighted by atomic mass is 16.6. The number of rotatable bonds is 2. The summed E-state index contributed by atoms with van der Waals surface area (Å²) in [5, 5.41) is 10.5. The van der Waals surface area contributed by atoms with Crippen molar-refractivity contribution < 1.29 is 4.92 Å². The Morgan fingerprint density at radius 2 is 1.81 bits per heavy atom. The smallest absolute Gasteiger partial charge is 0.269 e. The maximum Gasteiger partial charge on any atom is 0.269 e. The SMILES string of the molecule is CC1[C@H]2CN(c3ccc([N+](=O)[O-])cc3)C[C@@H]12. The molecule has 1 saturated carbocycles. The molecular formula is C12H14N2O2. The molecule has 3 rings (SSSR count). The quantitative estimate of drug-likeness (QED) is 0.565. The van der Waals surface area contributed by atoms with Crippen molar-refractivity contribution in [3.8, 4) is 0 Å². The number of nitro benzene ring substituents is 1. The van der Waals surface area contributed by atoms with Crippen molar-refractivity contribution >= 4 is 11.4 Å². The highest BCUT2D eigenvalue weighted by Crippen LogP contribution is 2.52. The van der Waals surface area contributed by atoms with Crippen molar-refractivity contribution in [3.63, 3.8) is 0 Å². The highest BCUT2D eigenvalue weighted by Gasteiger charge is 2.52. The third-order valence-electron chi connectivity index (χ3n) is 4.05. The van der Waals surface area contributed by atoms with Gasteiger partial charge in [-0.2, -0.15) is 0 Å². The first-order chi connectivity index (χ1) is 7.66. The predicted molar refractivity (Wildman–Crippen MR) is 61.5 cm³/mol. The maximum absolute atomic E-state index is 10.5. The van der Waals surface area contributed by atoms with Gasteiger partial charge in [0.2, 0.25) is 0 Å². The van der Waals surface area contributed by atoms with Crippen LogP contribution in [0.25, 0.3) is 0 Å². The molecule has 1 saturated heterocycles. The van der Waals surface area contributed by atoms with Crippen LogP contribution in [0.15, 0.2) is 24.3 Å². The lowest BCUT2D eigenvalue weighted by molar-refractivity contribution is -0.384. The van der Waals surface area contributed by atoms with Gasteiger partial charge in [-0.3, -0.25) is 10.1 Å². The first-order valence-corrected chi connectivity index (χ1v) is 5.66. The Balaban J connectivity index is 1.74. The number of fused-ring (bicyclic) bond motifs is 1. The summed E-state index contributed by atoms with van der Waals surface area (Å²) in [5.41, 5.74) is 1.28. The van der Waals surface area contributed by atoms with E-state index in [0.29, 0.717) is 0 Å². The van der Waals surface area contributed by atoms with E-state index in [9.17, 15) is 10.1 Å². The normalized spacial score (nSPS) is 31.3. The van der Waals surface area contributed by atoms with Crippen molar-refractivity contribution in [3.05, 3.63) is 34.4 Å². The van der Waals surface area contributed by atoms with Crippen LogP contribution in [-0.4, -0.2) is 18.0 Å². The molecule has 1 unspecified atom stereocenters. The fourth-order valence-corrected chi connectivity index (χ4v) is 2.82. The van der Waals surface area contributed by atoms with Crippen molar-refractivity contribution in [2.45, 2.75) is 6.92 Å². The summed E-state index contributed by atoms with van der Waals surface area (Å²) in [5.74, 6) is 2.60. The van der Waals surface area contributed by atoms with Crippen LogP contribution in [0.1, 0.15) is 6.92 Å². The first kappa shape index (κ1) is 9.63. The molecule has 0 radical (unpaired) electrons. The number of anilines is 1. The first-order valence-electron chi connectivity index (χ1n) is 5.66. The van der Waals surface area contributed by atoms with Crippen molar-refractivity contribution in [1.29, 1.82) is 0 Å². The summed E-state index contributed by atoms with van der Waals surface area (Å²) in [6.07, 6.45) is 0. The van der Waals surface area contributed by atoms with E-state index >= 15 is 0 Å². The van der Waals surface area contributed by atoms with Gasteiger partial charge in [-0.25, -0.2) is 0 Å². The van der Waals surface area contributed by atoms with Gasteiger partial charge in [-0.15, -0.1) is 0 Å². The molecule has 1 aromatic carbocycles. The van der Waals surface area contributed by atoms with Crippen molar-refractivity contribution in [1.82, 2.24) is 0 Å². The van der Waals surface area contributed by atoms with Gasteiger partial charge < -0.3 is 4.90 Å². The number of non-ortho nitro benzene ring substituents is 1. The van der Waals surface area contributed by atoms with Gasteiger partial charge in [0, 0.05) is 30.9 Å². The average molecular weight is 218 g/mol. The number of nitro groups is 1. The van der Waals surface area contributed by atoms with Crippen LogP contribution in [0.2, 0.25) is 0 Å². The molecule has 84 valence electrons. The molecule has 16 heavy (non-hydrogen) atoms. The van der Waals surface area contributed by atoms with Gasteiger partial charge in [-0.05, 0) is 29.9 Å². The zero-order valence-electron chi connectivity index (χ0n) is 9.17. The van der Waals surface area contributed by atoms with Gasteiger partial charge in [0.1, 0.15) is 0 Å². The topological polar surface area (TPSA) is 46.4 Å². The number of nitrogens with zero attached hydrogens (tertiary/aromatic N) is 2. The summed E-state index contributed by atoms with van der Waals surface area (Å²) in [6.45, 7) is 4.54. The van der Waals surface area contributed by atoms with Crippen molar-refractivity contribution in [2.24, 2.45) is 17.8 Å². The van der Waals surface area contributed by atoms with Gasteiger partial charge in [0.15, 0.2) is 0 Å². The lowest BCUT2D eigenvalue weighted by atomic mass is 10.2. The second kappa shape index (κ2) is 3.20. The fourth-order valence-electron chi connectivity index (χ4n) is 2.82. The largest absolute Gasteiger partial charge is 0.371 e. The lowest BCUT2D eigenvalue weighted by Gasteiger charge is -2.20. The van der Waals surface area contributed by atoms with E-state index in [-0.39, 0.29) is 10.6 Å². The third kappa shape index (κ3) is 1.37. The summed E-state index contributed by atoms with van der Waals surface area (Å²) in [6, 6.07) is 6.88. The molecule has 3 atom stereocenters. The maximum atomic E-state index is 10.5. The molecule has 1 aliphatic heterocycles. The Kier molecular flexibility index (Phi) is 1.93. The van der Waals surface area contributed by atoms with Crippen LogP contribution in [0.4, 0.5) is 11.4 Å². The van der Waals surface area contributed by atoms with E-state index in [1.165, 1.54) is 0 Å². The molecule has 2 fully saturated rings. The van der Waals surface area contributed by atoms with E-state index in [1.807, 2.05) is 12.1 Å². The standard InChI is InChI=1S/C12H14N2O2/c1-8-11-6-13(7-12(8)11)9-2-4-10(5-3-9)14(15)16/h2-5,8,11-12H,6-7H2,1H3/t8?,11-,12+. The molecule has 0 amide bonds. The zero-order chi connectivity index (χ0) is 11.3. The third-order valence-corrected chi connectivity index (χ3v) is 4.05. The minimum atomic E-state index is -0.354. The number of hydrogen-bond donors (Lipinski definition) is 0. The highest BCUT2D eigenvalue weighted by molar-refractivity contribution is 5.52. The molecule has 1 aliphatic carbocycles. The molecule has 4 heteroatoms. The predicted octanol–water partition coefficient (Wildman–Crippen LogP) is 2.30. The minimum Gasteiger partial charge on any atom is -0.371 e. The summed E-state index contributed by atoms with van der Waals surface area (Å²) < 4.78 is 0. The van der Waals surface area contributed by atoms with E-state index in [1.54, 1.807) is 12.1 Å². The lowest BCUT2D eigenvalue weighted by Crippen LogP contribution is -2.23. The van der Waals surface area contributed by atoms with Gasteiger partial charge in [-0.1, -0.05) is 6.92 Å². The molecule has 4 nitrogen and oxygen atoms in total. The van der Waals surface area contributed by atoms with Gasteiger partial charge >= 0.3 is 0 Å². The van der Waals surface area contributed by atoms with Gasteiger partial charge in [0.25, 0.3) is 5.69 Å². The van der Waals surface area contributed by atoms with Crippen LogP contribution in [0.5, 0.6) is 0 Å². The summed E-state index contributed by atoms with van der Waals surface area (Å²) in [7, 11) is 0. The molecule has 0 N–H and O–H groups in total. The molecule has 0 bridgehead atoms. The second-order valence-electron chi connectivity index (χ2n) is 4.87. The number of benzene rings is 1. The van der Waals surface area contributed by atoms with E-state index in [0.717, 1.165) is 36.5 Å². The van der Waals surface area contributed by atoms with E-state index < -0.39 is 0 Å². The Bertz CT molecular complexity index is 417. The van der Waals surface area contributed by atoms with E-state index in [4.69, 9.17) is 0 Å². The molecule has 0 aromatic heterocycles. The average Bonchev–Trinajstić information content (AvgIpc) is 2.75. The fraction of sp³-hybridized carbons (Fsp3) is 0.500. The molecule has 0 spiro atoms.